The molecule has 2 aromatic rings. The minimum absolute atomic E-state index is 0.457. The minimum Gasteiger partial charge on any atom is -0.359 e. The Balaban J connectivity index is 1.99. The summed E-state index contributed by atoms with van der Waals surface area (Å²) in [4.78, 5) is 4.06. The Bertz CT molecular complexity index is 453. The van der Waals surface area contributed by atoms with E-state index in [4.69, 9.17) is 4.52 Å². The molecule has 0 atom stereocenters. The highest BCUT2D eigenvalue weighted by Gasteiger charge is 2.02. The molecular weight excluding hydrogens is 194 g/mol. The quantitative estimate of drug-likeness (QED) is 0.808. The number of rotatable bonds is 3. The first-order valence-electron chi connectivity index (χ1n) is 4.56. The second-order valence-electron chi connectivity index (χ2n) is 3.21. The second-order valence-corrected chi connectivity index (χ2v) is 3.21. The lowest BCUT2D eigenvalue weighted by Gasteiger charge is -2.00. The molecule has 0 saturated heterocycles. The van der Waals surface area contributed by atoms with Gasteiger partial charge in [-0.2, -0.15) is 10.1 Å². The fourth-order valence-electron chi connectivity index (χ4n) is 1.13. The van der Waals surface area contributed by atoms with Crippen molar-refractivity contribution in [1.29, 1.82) is 0 Å². The number of hydrogen-bond acceptors (Lipinski definition) is 6. The van der Waals surface area contributed by atoms with Gasteiger partial charge in [-0.3, -0.25) is 0 Å². The van der Waals surface area contributed by atoms with E-state index in [9.17, 15) is 0 Å². The highest BCUT2D eigenvalue weighted by atomic mass is 16.5. The van der Waals surface area contributed by atoms with Crippen LogP contribution in [0.2, 0.25) is 0 Å². The Morgan fingerprint density at radius 1 is 1.40 bits per heavy atom. The van der Waals surface area contributed by atoms with Crippen LogP contribution < -0.4 is 5.32 Å². The summed E-state index contributed by atoms with van der Waals surface area (Å²) >= 11 is 0. The van der Waals surface area contributed by atoms with Crippen LogP contribution >= 0.6 is 0 Å². The molecule has 0 aliphatic rings. The lowest BCUT2D eigenvalue weighted by Crippen LogP contribution is -2.02. The van der Waals surface area contributed by atoms with Gasteiger partial charge in [0.05, 0.1) is 12.7 Å². The minimum atomic E-state index is 0.457. The Hall–Kier alpha value is -1.98. The molecule has 0 radical (unpaired) electrons. The highest BCUT2D eigenvalue weighted by molar-refractivity contribution is 5.34. The van der Waals surface area contributed by atoms with E-state index in [1.165, 1.54) is 0 Å². The molecule has 0 aliphatic carbocycles. The first-order chi connectivity index (χ1) is 7.24. The Labute approximate surface area is 86.7 Å². The molecule has 6 heteroatoms. The van der Waals surface area contributed by atoms with E-state index in [2.05, 4.69) is 25.7 Å². The topological polar surface area (TPSA) is 76.7 Å². The largest absolute Gasteiger partial charge is 0.359 e. The lowest BCUT2D eigenvalue weighted by atomic mass is 10.3. The summed E-state index contributed by atoms with van der Waals surface area (Å²) in [7, 11) is 0. The predicted octanol–water partition coefficient (Wildman–Crippen LogP) is 1.09. The van der Waals surface area contributed by atoms with Crippen molar-refractivity contribution in [2.45, 2.75) is 20.4 Å². The molecule has 15 heavy (non-hydrogen) atoms. The van der Waals surface area contributed by atoms with Gasteiger partial charge in [-0.05, 0) is 25.5 Å². The SMILES string of the molecule is Cc1cnnc(NCc2nc(C)no2)c1. The summed E-state index contributed by atoms with van der Waals surface area (Å²) in [6.45, 7) is 4.19. The first kappa shape index (κ1) is 9.57. The van der Waals surface area contributed by atoms with E-state index >= 15 is 0 Å². The molecule has 0 bridgehead atoms. The van der Waals surface area contributed by atoms with Gasteiger partial charge in [0.15, 0.2) is 5.82 Å². The van der Waals surface area contributed by atoms with Crippen molar-refractivity contribution in [2.75, 3.05) is 5.32 Å². The monoisotopic (exact) mass is 205 g/mol. The molecule has 0 amide bonds. The summed E-state index contributed by atoms with van der Waals surface area (Å²) in [6, 6.07) is 1.90. The van der Waals surface area contributed by atoms with Crippen LogP contribution in [0.4, 0.5) is 5.82 Å². The molecule has 2 aromatic heterocycles. The normalized spacial score (nSPS) is 10.3. The van der Waals surface area contributed by atoms with E-state index in [0.717, 1.165) is 5.56 Å². The average molecular weight is 205 g/mol. The third kappa shape index (κ3) is 2.49. The third-order valence-corrected chi connectivity index (χ3v) is 1.78. The van der Waals surface area contributed by atoms with Crippen molar-refractivity contribution in [2.24, 2.45) is 0 Å². The third-order valence-electron chi connectivity index (χ3n) is 1.78. The first-order valence-corrected chi connectivity index (χ1v) is 4.56. The number of aryl methyl sites for hydroxylation is 2. The summed E-state index contributed by atoms with van der Waals surface area (Å²) in [5.74, 6) is 1.86. The molecule has 6 nitrogen and oxygen atoms in total. The number of aromatic nitrogens is 4. The van der Waals surface area contributed by atoms with Crippen molar-refractivity contribution in [3.8, 4) is 0 Å². The average Bonchev–Trinajstić information content (AvgIpc) is 2.62. The number of nitrogens with zero attached hydrogens (tertiary/aromatic N) is 4. The summed E-state index contributed by atoms with van der Waals surface area (Å²) in [5.41, 5.74) is 1.05. The molecule has 0 unspecified atom stereocenters. The smallest absolute Gasteiger partial charge is 0.245 e. The van der Waals surface area contributed by atoms with E-state index in [1.54, 1.807) is 13.1 Å². The molecule has 1 N–H and O–H groups in total. The number of nitrogens with one attached hydrogen (secondary N) is 1. The second kappa shape index (κ2) is 4.04. The fraction of sp³-hybridized carbons (Fsp3) is 0.333. The van der Waals surface area contributed by atoms with Gasteiger partial charge in [-0.15, -0.1) is 5.10 Å². The molecular formula is C9H11N5O. The van der Waals surface area contributed by atoms with Crippen molar-refractivity contribution in [3.05, 3.63) is 29.5 Å². The molecule has 2 heterocycles. The van der Waals surface area contributed by atoms with Crippen molar-refractivity contribution < 1.29 is 4.52 Å². The van der Waals surface area contributed by atoms with Crippen molar-refractivity contribution >= 4 is 5.82 Å². The molecule has 0 spiro atoms. The van der Waals surface area contributed by atoms with E-state index in [-0.39, 0.29) is 0 Å². The molecule has 0 aromatic carbocycles. The summed E-state index contributed by atoms with van der Waals surface area (Å²) < 4.78 is 4.94. The molecule has 0 saturated carbocycles. The van der Waals surface area contributed by atoms with Gasteiger partial charge in [-0.1, -0.05) is 5.16 Å². The van der Waals surface area contributed by atoms with Crippen LogP contribution in [0.15, 0.2) is 16.8 Å². The Morgan fingerprint density at radius 2 is 2.27 bits per heavy atom. The van der Waals surface area contributed by atoms with Crippen LogP contribution in [0.5, 0.6) is 0 Å². The van der Waals surface area contributed by atoms with Crippen molar-refractivity contribution in [1.82, 2.24) is 20.3 Å². The fourth-order valence-corrected chi connectivity index (χ4v) is 1.13. The van der Waals surface area contributed by atoms with Gasteiger partial charge in [0.25, 0.3) is 0 Å². The maximum absolute atomic E-state index is 4.94. The van der Waals surface area contributed by atoms with Gasteiger partial charge in [0.2, 0.25) is 5.89 Å². The van der Waals surface area contributed by atoms with E-state index < -0.39 is 0 Å². The zero-order chi connectivity index (χ0) is 10.7. The highest BCUT2D eigenvalue weighted by Crippen LogP contribution is 2.05. The molecule has 78 valence electrons. The van der Waals surface area contributed by atoms with Gasteiger partial charge < -0.3 is 9.84 Å². The maximum Gasteiger partial charge on any atom is 0.245 e. The van der Waals surface area contributed by atoms with Crippen LogP contribution in [0, 0.1) is 13.8 Å². The molecule has 2 rings (SSSR count). The van der Waals surface area contributed by atoms with E-state index in [1.807, 2.05) is 13.0 Å². The zero-order valence-corrected chi connectivity index (χ0v) is 8.56. The zero-order valence-electron chi connectivity index (χ0n) is 8.56. The van der Waals surface area contributed by atoms with Gasteiger partial charge >= 0.3 is 0 Å². The van der Waals surface area contributed by atoms with Crippen LogP contribution in [0.3, 0.4) is 0 Å². The molecule has 0 fully saturated rings. The van der Waals surface area contributed by atoms with Crippen LogP contribution in [-0.2, 0) is 6.54 Å². The summed E-state index contributed by atoms with van der Waals surface area (Å²) in [5, 5.41) is 14.5. The molecule has 0 aliphatic heterocycles. The predicted molar refractivity (Wildman–Crippen MR) is 53.1 cm³/mol. The summed E-state index contributed by atoms with van der Waals surface area (Å²) in [6.07, 6.45) is 1.70. The van der Waals surface area contributed by atoms with E-state index in [0.29, 0.717) is 24.1 Å². The van der Waals surface area contributed by atoms with Crippen molar-refractivity contribution in [3.63, 3.8) is 0 Å². The Kier molecular flexibility index (Phi) is 2.57. The van der Waals surface area contributed by atoms with Crippen LogP contribution in [-0.4, -0.2) is 20.3 Å². The number of hydrogen-bond donors (Lipinski definition) is 1. The lowest BCUT2D eigenvalue weighted by molar-refractivity contribution is 0.379. The maximum atomic E-state index is 4.94. The van der Waals surface area contributed by atoms with Crippen LogP contribution in [0.1, 0.15) is 17.3 Å². The van der Waals surface area contributed by atoms with Gasteiger partial charge in [0.1, 0.15) is 5.82 Å². The van der Waals surface area contributed by atoms with Gasteiger partial charge in [-0.25, -0.2) is 0 Å². The number of anilines is 1. The van der Waals surface area contributed by atoms with Crippen LogP contribution in [0.25, 0.3) is 0 Å². The Morgan fingerprint density at radius 3 is 2.93 bits per heavy atom. The standard InChI is InChI=1S/C9H11N5O/c1-6-3-8(13-11-4-6)10-5-9-12-7(2)14-15-9/h3-4H,5H2,1-2H3,(H,10,13). The van der Waals surface area contributed by atoms with Gasteiger partial charge in [0, 0.05) is 0 Å².